The van der Waals surface area contributed by atoms with Crippen LogP contribution in [0.2, 0.25) is 5.15 Å². The minimum absolute atomic E-state index is 0.255. The molecule has 1 atom stereocenters. The van der Waals surface area contributed by atoms with Crippen molar-refractivity contribution < 1.29 is 5.11 Å². The summed E-state index contributed by atoms with van der Waals surface area (Å²) >= 11 is 7.53. The molecule has 1 saturated heterocycles. The molecule has 0 aliphatic carbocycles. The maximum absolute atomic E-state index is 8.94. The summed E-state index contributed by atoms with van der Waals surface area (Å²) in [5.41, 5.74) is 0. The molecule has 1 unspecified atom stereocenters. The zero-order chi connectivity index (χ0) is 13.0. The molecule has 2 heterocycles. The Bertz CT molecular complexity index is 405. The van der Waals surface area contributed by atoms with Crippen LogP contribution in [0.1, 0.15) is 25.7 Å². The number of nitrogens with zero attached hydrogens (tertiary/aromatic N) is 3. The molecule has 0 spiro atoms. The van der Waals surface area contributed by atoms with Crippen molar-refractivity contribution in [2.75, 3.05) is 24.3 Å². The van der Waals surface area contributed by atoms with Crippen LogP contribution in [0.25, 0.3) is 0 Å². The van der Waals surface area contributed by atoms with Crippen LogP contribution in [-0.2, 0) is 0 Å². The van der Waals surface area contributed by atoms with Gasteiger partial charge in [-0.1, -0.05) is 23.4 Å². The van der Waals surface area contributed by atoms with E-state index in [1.165, 1.54) is 18.2 Å². The molecule has 2 rings (SSSR count). The van der Waals surface area contributed by atoms with Gasteiger partial charge >= 0.3 is 0 Å². The van der Waals surface area contributed by atoms with E-state index < -0.39 is 0 Å². The van der Waals surface area contributed by atoms with E-state index in [0.717, 1.165) is 31.6 Å². The van der Waals surface area contributed by atoms with Crippen molar-refractivity contribution >= 4 is 29.2 Å². The molecular weight excluding hydrogens is 270 g/mol. The molecule has 0 bridgehead atoms. The molecule has 1 aliphatic rings. The largest absolute Gasteiger partial charge is 0.396 e. The molecule has 0 radical (unpaired) electrons. The Morgan fingerprint density at radius 3 is 3.11 bits per heavy atom. The van der Waals surface area contributed by atoms with Gasteiger partial charge in [-0.2, -0.15) is 0 Å². The van der Waals surface area contributed by atoms with Crippen LogP contribution in [0.15, 0.2) is 11.2 Å². The van der Waals surface area contributed by atoms with E-state index in [9.17, 15) is 0 Å². The smallest absolute Gasteiger partial charge is 0.190 e. The van der Waals surface area contributed by atoms with Gasteiger partial charge in [0.15, 0.2) is 5.16 Å². The highest BCUT2D eigenvalue weighted by Gasteiger charge is 2.25. The topological polar surface area (TPSA) is 49.2 Å². The maximum atomic E-state index is 8.94. The quantitative estimate of drug-likeness (QED) is 0.512. The van der Waals surface area contributed by atoms with Crippen molar-refractivity contribution in [3.8, 4) is 0 Å². The monoisotopic (exact) mass is 287 g/mol. The third-order valence-electron chi connectivity index (χ3n) is 3.21. The lowest BCUT2D eigenvalue weighted by molar-refractivity contribution is 0.279. The summed E-state index contributed by atoms with van der Waals surface area (Å²) in [7, 11) is 0. The van der Waals surface area contributed by atoms with Crippen LogP contribution in [-0.4, -0.2) is 40.5 Å². The van der Waals surface area contributed by atoms with E-state index in [1.807, 2.05) is 12.3 Å². The van der Waals surface area contributed by atoms with Crippen molar-refractivity contribution in [2.45, 2.75) is 36.9 Å². The number of aliphatic hydroxyl groups is 1. The van der Waals surface area contributed by atoms with Gasteiger partial charge in [-0.05, 0) is 31.9 Å². The lowest BCUT2D eigenvalue weighted by Crippen LogP contribution is -2.30. The van der Waals surface area contributed by atoms with Crippen LogP contribution in [0.4, 0.5) is 5.82 Å². The minimum Gasteiger partial charge on any atom is -0.396 e. The fourth-order valence-corrected chi connectivity index (χ4v) is 2.99. The molecule has 1 aromatic rings. The Morgan fingerprint density at radius 2 is 2.39 bits per heavy atom. The summed E-state index contributed by atoms with van der Waals surface area (Å²) in [6, 6.07) is 2.30. The standard InChI is InChI=1S/C12H18ClN3OS/c1-18-12-14-10(13)8-11(15-12)16-6-2-4-9(16)5-3-7-17/h8-9,17H,2-7H2,1H3. The highest BCUT2D eigenvalue weighted by atomic mass is 35.5. The Kier molecular flexibility index (Phi) is 5.09. The van der Waals surface area contributed by atoms with Crippen LogP contribution >= 0.6 is 23.4 Å². The number of anilines is 1. The first-order chi connectivity index (χ1) is 8.74. The van der Waals surface area contributed by atoms with Gasteiger partial charge < -0.3 is 10.0 Å². The molecule has 0 saturated carbocycles. The normalized spacial score (nSPS) is 19.5. The molecule has 1 aliphatic heterocycles. The van der Waals surface area contributed by atoms with E-state index in [1.54, 1.807) is 0 Å². The van der Waals surface area contributed by atoms with Gasteiger partial charge in [0.2, 0.25) is 0 Å². The van der Waals surface area contributed by atoms with Crippen molar-refractivity contribution in [1.29, 1.82) is 0 Å². The third-order valence-corrected chi connectivity index (χ3v) is 3.95. The summed E-state index contributed by atoms with van der Waals surface area (Å²) in [6.45, 7) is 1.27. The zero-order valence-electron chi connectivity index (χ0n) is 10.5. The van der Waals surface area contributed by atoms with E-state index in [0.29, 0.717) is 16.4 Å². The van der Waals surface area contributed by atoms with Gasteiger partial charge in [-0.25, -0.2) is 9.97 Å². The first-order valence-electron chi connectivity index (χ1n) is 6.20. The molecule has 1 N–H and O–H groups in total. The molecule has 1 aromatic heterocycles. The highest BCUT2D eigenvalue weighted by molar-refractivity contribution is 7.98. The van der Waals surface area contributed by atoms with Crippen molar-refractivity contribution in [3.63, 3.8) is 0 Å². The molecule has 18 heavy (non-hydrogen) atoms. The number of halogens is 1. The van der Waals surface area contributed by atoms with Gasteiger partial charge in [-0.15, -0.1) is 0 Å². The van der Waals surface area contributed by atoms with Gasteiger partial charge in [0.25, 0.3) is 0 Å². The second-order valence-electron chi connectivity index (χ2n) is 4.39. The molecule has 0 amide bonds. The van der Waals surface area contributed by atoms with Gasteiger partial charge in [-0.3, -0.25) is 0 Å². The van der Waals surface area contributed by atoms with Gasteiger partial charge in [0.1, 0.15) is 11.0 Å². The number of rotatable bonds is 5. The summed E-state index contributed by atoms with van der Waals surface area (Å²) in [5.74, 6) is 0.916. The summed E-state index contributed by atoms with van der Waals surface area (Å²) in [4.78, 5) is 11.0. The number of hydrogen-bond acceptors (Lipinski definition) is 5. The first-order valence-corrected chi connectivity index (χ1v) is 7.81. The second-order valence-corrected chi connectivity index (χ2v) is 5.55. The average molecular weight is 288 g/mol. The van der Waals surface area contributed by atoms with Crippen molar-refractivity contribution in [2.24, 2.45) is 0 Å². The Morgan fingerprint density at radius 1 is 1.56 bits per heavy atom. The molecule has 4 nitrogen and oxygen atoms in total. The average Bonchev–Trinajstić information content (AvgIpc) is 2.83. The van der Waals surface area contributed by atoms with E-state index >= 15 is 0 Å². The predicted octanol–water partition coefficient (Wildman–Crippen LogP) is 2.59. The zero-order valence-corrected chi connectivity index (χ0v) is 12.0. The molecule has 100 valence electrons. The van der Waals surface area contributed by atoms with Crippen molar-refractivity contribution in [1.82, 2.24) is 9.97 Å². The lowest BCUT2D eigenvalue weighted by atomic mass is 10.1. The fraction of sp³-hybridized carbons (Fsp3) is 0.667. The number of aromatic nitrogens is 2. The number of aliphatic hydroxyl groups excluding tert-OH is 1. The maximum Gasteiger partial charge on any atom is 0.190 e. The van der Waals surface area contributed by atoms with E-state index in [4.69, 9.17) is 16.7 Å². The summed E-state index contributed by atoms with van der Waals surface area (Å²) in [6.07, 6.45) is 6.13. The summed E-state index contributed by atoms with van der Waals surface area (Å²) in [5, 5.41) is 10.2. The van der Waals surface area contributed by atoms with Crippen LogP contribution in [0.5, 0.6) is 0 Å². The molecule has 0 aromatic carbocycles. The highest BCUT2D eigenvalue weighted by Crippen LogP contribution is 2.29. The van der Waals surface area contributed by atoms with E-state index in [-0.39, 0.29) is 6.61 Å². The van der Waals surface area contributed by atoms with Crippen LogP contribution < -0.4 is 4.90 Å². The Hall–Kier alpha value is -0.520. The van der Waals surface area contributed by atoms with E-state index in [2.05, 4.69) is 14.9 Å². The van der Waals surface area contributed by atoms with Gasteiger partial charge in [0, 0.05) is 25.3 Å². The first kappa shape index (κ1) is 13.9. The SMILES string of the molecule is CSc1nc(Cl)cc(N2CCCC2CCCO)n1. The fourth-order valence-electron chi connectivity index (χ4n) is 2.39. The lowest BCUT2D eigenvalue weighted by Gasteiger charge is -2.25. The number of hydrogen-bond donors (Lipinski definition) is 1. The minimum atomic E-state index is 0.255. The van der Waals surface area contributed by atoms with Gasteiger partial charge in [0.05, 0.1) is 0 Å². The molecule has 1 fully saturated rings. The van der Waals surface area contributed by atoms with Crippen LogP contribution in [0.3, 0.4) is 0 Å². The van der Waals surface area contributed by atoms with Crippen molar-refractivity contribution in [3.05, 3.63) is 11.2 Å². The molecular formula is C12H18ClN3OS. The third kappa shape index (κ3) is 3.28. The van der Waals surface area contributed by atoms with Crippen LogP contribution in [0, 0.1) is 0 Å². The predicted molar refractivity (Wildman–Crippen MR) is 75.5 cm³/mol. The summed E-state index contributed by atoms with van der Waals surface area (Å²) < 4.78 is 0. The second kappa shape index (κ2) is 6.59. The Labute approximate surface area is 117 Å². The number of thioether (sulfide) groups is 1. The Balaban J connectivity index is 2.16. The molecule has 6 heteroatoms.